The fourth-order valence-corrected chi connectivity index (χ4v) is 2.70. The lowest BCUT2D eigenvalue weighted by Gasteiger charge is -2.22. The molecule has 0 saturated carbocycles. The first kappa shape index (κ1) is 15.2. The molecule has 0 bridgehead atoms. The molecule has 0 saturated heterocycles. The minimum absolute atomic E-state index is 0.194. The summed E-state index contributed by atoms with van der Waals surface area (Å²) in [6.07, 6.45) is -2.90. The van der Waals surface area contributed by atoms with E-state index in [0.717, 1.165) is 12.4 Å². The van der Waals surface area contributed by atoms with Gasteiger partial charge in [0.15, 0.2) is 5.13 Å². The van der Waals surface area contributed by atoms with Gasteiger partial charge in [0.05, 0.1) is 5.52 Å². The molecule has 3 rings (SSSR count). The Morgan fingerprint density at radius 3 is 2.61 bits per heavy atom. The number of carbonyl (C=O) groups excluding carboxylic acids is 1. The molecule has 0 unspecified atom stereocenters. The van der Waals surface area contributed by atoms with Gasteiger partial charge in [-0.15, -0.1) is 24.5 Å². The number of aromatic hydroxyl groups is 1. The molecular formula is C14H8F3N3O2S. The maximum atomic E-state index is 13.2. The second-order valence-corrected chi connectivity index (χ2v) is 5.33. The third-order valence-corrected chi connectivity index (χ3v) is 3.80. The van der Waals surface area contributed by atoms with E-state index >= 15 is 0 Å². The molecule has 0 spiro atoms. The van der Waals surface area contributed by atoms with Gasteiger partial charge < -0.3 is 5.11 Å². The number of anilines is 1. The molecular weight excluding hydrogens is 331 g/mol. The van der Waals surface area contributed by atoms with Crippen molar-refractivity contribution < 1.29 is 23.1 Å². The summed E-state index contributed by atoms with van der Waals surface area (Å²) in [5.74, 6) is -1.99. The zero-order valence-corrected chi connectivity index (χ0v) is 12.1. The zero-order valence-electron chi connectivity index (χ0n) is 11.3. The number of hydrogen-bond acceptors (Lipinski definition) is 5. The lowest BCUT2D eigenvalue weighted by Crippen LogP contribution is -2.43. The van der Waals surface area contributed by atoms with Gasteiger partial charge in [0, 0.05) is 23.2 Å². The summed E-state index contributed by atoms with van der Waals surface area (Å²) in [6, 6.07) is 6.29. The largest absolute Gasteiger partial charge is 0.506 e. The Labute approximate surface area is 131 Å². The number of alkyl halides is 3. The van der Waals surface area contributed by atoms with E-state index in [9.17, 15) is 23.1 Å². The van der Waals surface area contributed by atoms with Gasteiger partial charge in [-0.25, -0.2) is 4.98 Å². The number of benzene rings is 1. The maximum Gasteiger partial charge on any atom is 0.493 e. The average Bonchev–Trinajstić information content (AvgIpc) is 3.00. The molecule has 1 N–H and O–H groups in total. The Bertz CT molecular complexity index is 865. The van der Waals surface area contributed by atoms with Crippen LogP contribution in [-0.4, -0.2) is 27.3 Å². The molecule has 0 fully saturated rings. The maximum absolute atomic E-state index is 13.2. The van der Waals surface area contributed by atoms with Gasteiger partial charge in [-0.2, -0.15) is 4.90 Å². The number of amides is 1. The second-order valence-electron chi connectivity index (χ2n) is 4.46. The molecule has 2 aromatic heterocycles. The SMILES string of the molecule is O=C(c1cnc2ccccc2c1O)N(c1nccs1)C(F)(F)F. The fraction of sp³-hybridized carbons (Fsp3) is 0.0714. The predicted molar refractivity (Wildman–Crippen MR) is 78.4 cm³/mol. The standard InChI is InChI=1S/C14H8F3N3O2S/c15-14(16,17)20(13-18-5-6-23-13)12(22)9-7-19-10-4-2-1-3-8(10)11(9)21/h1-7H,(H,19,21). The van der Waals surface area contributed by atoms with Crippen molar-refractivity contribution in [1.82, 2.24) is 9.97 Å². The third kappa shape index (κ3) is 2.70. The van der Waals surface area contributed by atoms with Crippen molar-refractivity contribution in [3.8, 4) is 5.75 Å². The summed E-state index contributed by atoms with van der Waals surface area (Å²) in [5.41, 5.74) is -0.175. The van der Waals surface area contributed by atoms with E-state index in [1.807, 2.05) is 0 Å². The molecule has 0 radical (unpaired) electrons. The lowest BCUT2D eigenvalue weighted by atomic mass is 10.1. The average molecular weight is 339 g/mol. The number of carbonyl (C=O) groups is 1. The third-order valence-electron chi connectivity index (χ3n) is 3.04. The highest BCUT2D eigenvalue weighted by atomic mass is 32.1. The van der Waals surface area contributed by atoms with E-state index in [4.69, 9.17) is 0 Å². The van der Waals surface area contributed by atoms with Crippen LogP contribution in [0.3, 0.4) is 0 Å². The first-order chi connectivity index (χ1) is 10.9. The summed E-state index contributed by atoms with van der Waals surface area (Å²) >= 11 is 0.662. The van der Waals surface area contributed by atoms with Crippen molar-refractivity contribution in [2.75, 3.05) is 4.90 Å². The van der Waals surface area contributed by atoms with Crippen LogP contribution in [0.15, 0.2) is 42.0 Å². The van der Waals surface area contributed by atoms with Gasteiger partial charge >= 0.3 is 6.30 Å². The summed E-state index contributed by atoms with van der Waals surface area (Å²) in [5, 5.41) is 11.1. The van der Waals surface area contributed by atoms with E-state index < -0.39 is 33.6 Å². The number of pyridine rings is 1. The summed E-state index contributed by atoms with van der Waals surface area (Å²) in [6.45, 7) is 0. The topological polar surface area (TPSA) is 66.3 Å². The van der Waals surface area contributed by atoms with E-state index in [2.05, 4.69) is 9.97 Å². The van der Waals surface area contributed by atoms with Crippen molar-refractivity contribution >= 4 is 33.3 Å². The van der Waals surface area contributed by atoms with E-state index in [1.165, 1.54) is 11.4 Å². The van der Waals surface area contributed by atoms with Gasteiger partial charge in [-0.3, -0.25) is 9.78 Å². The molecule has 1 amide bonds. The molecule has 9 heteroatoms. The number of thiazole rings is 1. The Morgan fingerprint density at radius 2 is 1.96 bits per heavy atom. The molecule has 0 aliphatic rings. The quantitative estimate of drug-likeness (QED) is 0.725. The molecule has 1 aromatic carbocycles. The van der Waals surface area contributed by atoms with Gasteiger partial charge in [0.2, 0.25) is 0 Å². The van der Waals surface area contributed by atoms with Crippen LogP contribution in [0.2, 0.25) is 0 Å². The van der Waals surface area contributed by atoms with Crippen LogP contribution in [0.25, 0.3) is 10.9 Å². The van der Waals surface area contributed by atoms with Gasteiger partial charge in [-0.1, -0.05) is 12.1 Å². The number of halogens is 3. The number of hydrogen-bond donors (Lipinski definition) is 1. The first-order valence-electron chi connectivity index (χ1n) is 6.27. The van der Waals surface area contributed by atoms with E-state index in [0.29, 0.717) is 16.9 Å². The number of para-hydroxylation sites is 1. The number of nitrogens with zero attached hydrogens (tertiary/aromatic N) is 3. The number of aromatic nitrogens is 2. The number of fused-ring (bicyclic) bond motifs is 1. The monoisotopic (exact) mass is 339 g/mol. The van der Waals surface area contributed by atoms with Crippen LogP contribution in [0.4, 0.5) is 18.3 Å². The summed E-state index contributed by atoms with van der Waals surface area (Å²) < 4.78 is 39.7. The second kappa shape index (κ2) is 5.51. The Hall–Kier alpha value is -2.68. The highest BCUT2D eigenvalue weighted by molar-refractivity contribution is 7.13. The van der Waals surface area contributed by atoms with Crippen molar-refractivity contribution in [3.05, 3.63) is 47.6 Å². The first-order valence-corrected chi connectivity index (χ1v) is 7.15. The highest BCUT2D eigenvalue weighted by Gasteiger charge is 2.45. The lowest BCUT2D eigenvalue weighted by molar-refractivity contribution is -0.122. The number of rotatable bonds is 2. The van der Waals surface area contributed by atoms with Crippen molar-refractivity contribution in [2.45, 2.75) is 6.30 Å². The molecule has 0 aliphatic heterocycles. The molecule has 0 aliphatic carbocycles. The van der Waals surface area contributed by atoms with E-state index in [-0.39, 0.29) is 5.39 Å². The fourth-order valence-electron chi connectivity index (χ4n) is 2.04. The predicted octanol–water partition coefficient (Wildman–Crippen LogP) is 3.56. The molecule has 2 heterocycles. The van der Waals surface area contributed by atoms with Gasteiger partial charge in [0.25, 0.3) is 5.91 Å². The molecule has 5 nitrogen and oxygen atoms in total. The highest BCUT2D eigenvalue weighted by Crippen LogP contribution is 2.35. The Morgan fingerprint density at radius 1 is 1.22 bits per heavy atom. The van der Waals surface area contributed by atoms with Crippen molar-refractivity contribution in [2.24, 2.45) is 0 Å². The minimum Gasteiger partial charge on any atom is -0.506 e. The molecule has 23 heavy (non-hydrogen) atoms. The Balaban J connectivity index is 2.13. The van der Waals surface area contributed by atoms with Crippen LogP contribution in [0.1, 0.15) is 10.4 Å². The zero-order chi connectivity index (χ0) is 16.6. The summed E-state index contributed by atoms with van der Waals surface area (Å²) in [7, 11) is 0. The van der Waals surface area contributed by atoms with Gasteiger partial charge in [0.1, 0.15) is 11.3 Å². The van der Waals surface area contributed by atoms with Crippen LogP contribution in [0, 0.1) is 0 Å². The molecule has 3 aromatic rings. The van der Waals surface area contributed by atoms with Crippen LogP contribution < -0.4 is 4.90 Å². The van der Waals surface area contributed by atoms with Crippen LogP contribution in [-0.2, 0) is 0 Å². The van der Waals surface area contributed by atoms with Crippen molar-refractivity contribution in [1.29, 1.82) is 0 Å². The molecule has 0 atom stereocenters. The van der Waals surface area contributed by atoms with E-state index in [1.54, 1.807) is 18.2 Å². The summed E-state index contributed by atoms with van der Waals surface area (Å²) in [4.78, 5) is 19.4. The van der Waals surface area contributed by atoms with Gasteiger partial charge in [-0.05, 0) is 12.1 Å². The van der Waals surface area contributed by atoms with Crippen LogP contribution >= 0.6 is 11.3 Å². The minimum atomic E-state index is -4.98. The Kier molecular flexibility index (Phi) is 3.64. The smallest absolute Gasteiger partial charge is 0.493 e. The van der Waals surface area contributed by atoms with Crippen molar-refractivity contribution in [3.63, 3.8) is 0 Å². The molecule has 118 valence electrons. The normalized spacial score (nSPS) is 11.6. The van der Waals surface area contributed by atoms with Crippen LogP contribution in [0.5, 0.6) is 5.75 Å².